The van der Waals surface area contributed by atoms with Crippen LogP contribution in [-0.4, -0.2) is 27.5 Å². The lowest BCUT2D eigenvalue weighted by Gasteiger charge is -2.17. The van der Waals surface area contributed by atoms with Crippen LogP contribution in [0.1, 0.15) is 38.2 Å². The van der Waals surface area contributed by atoms with Crippen LogP contribution < -0.4 is 5.73 Å². The molecule has 86 valence electrons. The molecule has 1 aromatic heterocycles. The topological polar surface area (TPSA) is 64.1 Å². The highest BCUT2D eigenvalue weighted by atomic mass is 16.3. The van der Waals surface area contributed by atoms with Crippen molar-refractivity contribution in [2.24, 2.45) is 5.73 Å². The lowest BCUT2D eigenvalue weighted by Crippen LogP contribution is -2.25. The third-order valence-corrected chi connectivity index (χ3v) is 2.61. The van der Waals surface area contributed by atoms with Gasteiger partial charge in [0.1, 0.15) is 0 Å². The van der Waals surface area contributed by atoms with Gasteiger partial charge in [-0.3, -0.25) is 4.68 Å². The molecule has 2 atom stereocenters. The third kappa shape index (κ3) is 3.32. The first-order chi connectivity index (χ1) is 7.19. The molecule has 0 aliphatic carbocycles. The molecule has 1 aromatic rings. The van der Waals surface area contributed by atoms with Gasteiger partial charge in [-0.25, -0.2) is 0 Å². The zero-order valence-electron chi connectivity index (χ0n) is 9.56. The third-order valence-electron chi connectivity index (χ3n) is 2.61. The van der Waals surface area contributed by atoms with Gasteiger partial charge in [0.25, 0.3) is 0 Å². The van der Waals surface area contributed by atoms with E-state index in [-0.39, 0.29) is 18.6 Å². The fraction of sp³-hybridized carbons (Fsp3) is 0.727. The number of aliphatic hydroxyl groups excluding tert-OH is 1. The Morgan fingerprint density at radius 3 is 2.87 bits per heavy atom. The number of nitrogens with zero attached hydrogens (tertiary/aromatic N) is 2. The van der Waals surface area contributed by atoms with Gasteiger partial charge in [-0.05, 0) is 25.3 Å². The van der Waals surface area contributed by atoms with Crippen LogP contribution in [0, 0.1) is 0 Å². The van der Waals surface area contributed by atoms with Crippen LogP contribution in [0.15, 0.2) is 12.4 Å². The van der Waals surface area contributed by atoms with E-state index in [4.69, 9.17) is 10.8 Å². The van der Waals surface area contributed by atoms with Crippen molar-refractivity contribution in [3.05, 3.63) is 18.0 Å². The minimum atomic E-state index is 0.0522. The smallest absolute Gasteiger partial charge is 0.0525 e. The van der Waals surface area contributed by atoms with Crippen molar-refractivity contribution in [2.75, 3.05) is 6.61 Å². The van der Waals surface area contributed by atoms with Crippen molar-refractivity contribution in [1.29, 1.82) is 0 Å². The molecule has 3 N–H and O–H groups in total. The van der Waals surface area contributed by atoms with Crippen molar-refractivity contribution >= 4 is 0 Å². The summed E-state index contributed by atoms with van der Waals surface area (Å²) in [5, 5.41) is 13.2. The summed E-state index contributed by atoms with van der Waals surface area (Å²) in [6, 6.07) is 0.0522. The molecule has 4 nitrogen and oxygen atoms in total. The molecule has 0 aliphatic rings. The average molecular weight is 211 g/mol. The maximum atomic E-state index is 8.97. The molecule has 0 radical (unpaired) electrons. The standard InChI is InChI=1S/C11H21N3O/c1-3-5-14-8-10(7-13-14)11(4-6-15)9(2)12/h7-9,11,15H,3-6,12H2,1-2H3. The van der Waals surface area contributed by atoms with Gasteiger partial charge in [-0.2, -0.15) is 5.10 Å². The number of aliphatic hydroxyl groups is 1. The lowest BCUT2D eigenvalue weighted by molar-refractivity contribution is 0.269. The molecule has 0 saturated carbocycles. The summed E-state index contributed by atoms with van der Waals surface area (Å²) >= 11 is 0. The van der Waals surface area contributed by atoms with Crippen LogP contribution in [-0.2, 0) is 6.54 Å². The zero-order valence-corrected chi connectivity index (χ0v) is 9.56. The normalized spacial score (nSPS) is 15.2. The fourth-order valence-electron chi connectivity index (χ4n) is 1.79. The minimum absolute atomic E-state index is 0.0522. The number of rotatable bonds is 6. The van der Waals surface area contributed by atoms with E-state index in [1.807, 2.05) is 24.0 Å². The van der Waals surface area contributed by atoms with Gasteiger partial charge in [-0.15, -0.1) is 0 Å². The molecule has 0 aliphatic heterocycles. The van der Waals surface area contributed by atoms with E-state index in [1.165, 1.54) is 0 Å². The molecular weight excluding hydrogens is 190 g/mol. The van der Waals surface area contributed by atoms with E-state index in [1.54, 1.807) is 0 Å². The van der Waals surface area contributed by atoms with Gasteiger partial charge in [-0.1, -0.05) is 6.92 Å². The predicted molar refractivity (Wildman–Crippen MR) is 60.6 cm³/mol. The van der Waals surface area contributed by atoms with E-state index in [2.05, 4.69) is 12.0 Å². The van der Waals surface area contributed by atoms with Gasteiger partial charge >= 0.3 is 0 Å². The van der Waals surface area contributed by atoms with Gasteiger partial charge in [0.05, 0.1) is 6.20 Å². The number of hydrogen-bond donors (Lipinski definition) is 2. The second kappa shape index (κ2) is 5.88. The van der Waals surface area contributed by atoms with Crippen LogP contribution in [0.25, 0.3) is 0 Å². The highest BCUT2D eigenvalue weighted by Crippen LogP contribution is 2.21. The summed E-state index contributed by atoms with van der Waals surface area (Å²) in [5.74, 6) is 0.209. The molecule has 2 unspecified atom stereocenters. The Labute approximate surface area is 91.1 Å². The van der Waals surface area contributed by atoms with Crippen LogP contribution in [0.5, 0.6) is 0 Å². The first kappa shape index (κ1) is 12.2. The molecule has 0 amide bonds. The van der Waals surface area contributed by atoms with Crippen LogP contribution in [0.2, 0.25) is 0 Å². The molecule has 0 spiro atoms. The number of hydrogen-bond acceptors (Lipinski definition) is 3. The van der Waals surface area contributed by atoms with Crippen molar-refractivity contribution in [3.8, 4) is 0 Å². The van der Waals surface area contributed by atoms with E-state index in [0.29, 0.717) is 6.42 Å². The van der Waals surface area contributed by atoms with Crippen molar-refractivity contribution in [3.63, 3.8) is 0 Å². The van der Waals surface area contributed by atoms with E-state index >= 15 is 0 Å². The number of aromatic nitrogens is 2. The highest BCUT2D eigenvalue weighted by molar-refractivity contribution is 5.13. The van der Waals surface area contributed by atoms with Crippen molar-refractivity contribution in [1.82, 2.24) is 9.78 Å². The summed E-state index contributed by atoms with van der Waals surface area (Å²) in [5.41, 5.74) is 7.02. The Morgan fingerprint density at radius 2 is 2.33 bits per heavy atom. The summed E-state index contributed by atoms with van der Waals surface area (Å²) in [4.78, 5) is 0. The largest absolute Gasteiger partial charge is 0.396 e. The molecule has 0 bridgehead atoms. The predicted octanol–water partition coefficient (Wildman–Crippen LogP) is 1.11. The Hall–Kier alpha value is -0.870. The monoisotopic (exact) mass is 211 g/mol. The van der Waals surface area contributed by atoms with Crippen LogP contribution in [0.4, 0.5) is 0 Å². The first-order valence-electron chi connectivity index (χ1n) is 5.57. The lowest BCUT2D eigenvalue weighted by atomic mass is 9.93. The molecule has 0 saturated heterocycles. The molecule has 1 heterocycles. The van der Waals surface area contributed by atoms with Gasteiger partial charge in [0, 0.05) is 31.3 Å². The molecule has 15 heavy (non-hydrogen) atoms. The zero-order chi connectivity index (χ0) is 11.3. The average Bonchev–Trinajstić information content (AvgIpc) is 2.62. The molecule has 0 aromatic carbocycles. The minimum Gasteiger partial charge on any atom is -0.396 e. The fourth-order valence-corrected chi connectivity index (χ4v) is 1.79. The Bertz CT molecular complexity index is 283. The maximum absolute atomic E-state index is 8.97. The highest BCUT2D eigenvalue weighted by Gasteiger charge is 2.17. The summed E-state index contributed by atoms with van der Waals surface area (Å²) in [6.07, 6.45) is 5.67. The van der Waals surface area contributed by atoms with Crippen molar-refractivity contribution < 1.29 is 5.11 Å². The van der Waals surface area contributed by atoms with Gasteiger partial charge in [0.2, 0.25) is 0 Å². The first-order valence-corrected chi connectivity index (χ1v) is 5.57. The number of aryl methyl sites for hydroxylation is 1. The summed E-state index contributed by atoms with van der Waals surface area (Å²) in [7, 11) is 0. The SMILES string of the molecule is CCCn1cc(C(CCO)C(C)N)cn1. The van der Waals surface area contributed by atoms with Crippen LogP contribution in [0.3, 0.4) is 0 Å². The molecule has 1 rings (SSSR count). The van der Waals surface area contributed by atoms with Crippen LogP contribution >= 0.6 is 0 Å². The van der Waals surface area contributed by atoms with E-state index in [9.17, 15) is 0 Å². The second-order valence-corrected chi connectivity index (χ2v) is 4.01. The van der Waals surface area contributed by atoms with Crippen molar-refractivity contribution in [2.45, 2.75) is 45.2 Å². The quantitative estimate of drug-likeness (QED) is 0.740. The Balaban J connectivity index is 2.72. The maximum Gasteiger partial charge on any atom is 0.0525 e. The van der Waals surface area contributed by atoms with Gasteiger partial charge in [0.15, 0.2) is 0 Å². The Morgan fingerprint density at radius 1 is 1.60 bits per heavy atom. The van der Waals surface area contributed by atoms with E-state index in [0.717, 1.165) is 18.5 Å². The summed E-state index contributed by atoms with van der Waals surface area (Å²) in [6.45, 7) is 5.20. The molecule has 4 heteroatoms. The second-order valence-electron chi connectivity index (χ2n) is 4.01. The Kier molecular flexibility index (Phi) is 4.78. The molecular formula is C11H21N3O. The molecule has 0 fully saturated rings. The number of nitrogens with two attached hydrogens (primary N) is 1. The summed E-state index contributed by atoms with van der Waals surface area (Å²) < 4.78 is 1.93. The van der Waals surface area contributed by atoms with E-state index < -0.39 is 0 Å². The van der Waals surface area contributed by atoms with Gasteiger partial charge < -0.3 is 10.8 Å².